The van der Waals surface area contributed by atoms with Crippen molar-refractivity contribution in [1.29, 1.82) is 0 Å². The van der Waals surface area contributed by atoms with Crippen molar-refractivity contribution in [1.82, 2.24) is 5.32 Å². The highest BCUT2D eigenvalue weighted by Crippen LogP contribution is 2.27. The molecule has 2 rings (SSSR count). The highest BCUT2D eigenvalue weighted by atomic mass is 32.2. The van der Waals surface area contributed by atoms with Gasteiger partial charge in [-0.05, 0) is 35.7 Å². The predicted molar refractivity (Wildman–Crippen MR) is 92.4 cm³/mol. The Morgan fingerprint density at radius 1 is 1.21 bits per heavy atom. The van der Waals surface area contributed by atoms with Crippen LogP contribution in [0.25, 0.3) is 0 Å². The number of carbonyl (C=O) groups excluding carboxylic acids is 2. The summed E-state index contributed by atoms with van der Waals surface area (Å²) in [4.78, 5) is 24.8. The molecule has 0 spiro atoms. The van der Waals surface area contributed by atoms with E-state index in [1.54, 1.807) is 12.1 Å². The predicted octanol–water partition coefficient (Wildman–Crippen LogP) is 4.27. The van der Waals surface area contributed by atoms with Crippen LogP contribution < -0.4 is 10.6 Å². The lowest BCUT2D eigenvalue weighted by atomic mass is 10.1. The Balaban J connectivity index is 1.96. The summed E-state index contributed by atoms with van der Waals surface area (Å²) in [6.45, 7) is 1.40. The van der Waals surface area contributed by atoms with Gasteiger partial charge < -0.3 is 10.6 Å². The first kappa shape index (κ1) is 18.4. The van der Waals surface area contributed by atoms with E-state index in [0.29, 0.717) is 22.3 Å². The highest BCUT2D eigenvalue weighted by molar-refractivity contribution is 7.99. The van der Waals surface area contributed by atoms with E-state index in [1.807, 2.05) is 17.5 Å². The van der Waals surface area contributed by atoms with Gasteiger partial charge in [0.1, 0.15) is 0 Å². The zero-order chi connectivity index (χ0) is 17.5. The first-order valence-corrected chi connectivity index (χ1v) is 8.85. The number of alkyl halides is 2. The molecule has 0 fully saturated rings. The van der Waals surface area contributed by atoms with Gasteiger partial charge in [-0.25, -0.2) is 0 Å². The van der Waals surface area contributed by atoms with Crippen LogP contribution in [0.5, 0.6) is 0 Å². The van der Waals surface area contributed by atoms with Gasteiger partial charge in [-0.15, -0.1) is 11.3 Å². The fourth-order valence-corrected chi connectivity index (χ4v) is 3.35. The summed E-state index contributed by atoms with van der Waals surface area (Å²) in [6.07, 6.45) is 0.0909. The van der Waals surface area contributed by atoms with E-state index < -0.39 is 11.8 Å². The van der Waals surface area contributed by atoms with Gasteiger partial charge in [0.15, 0.2) is 0 Å². The van der Waals surface area contributed by atoms with E-state index >= 15 is 0 Å². The maximum Gasteiger partial charge on any atom is 0.288 e. The molecule has 0 aliphatic heterocycles. The van der Waals surface area contributed by atoms with Gasteiger partial charge in [0.2, 0.25) is 11.8 Å². The van der Waals surface area contributed by atoms with Crippen molar-refractivity contribution in [3.8, 4) is 0 Å². The molecule has 0 saturated heterocycles. The number of hydrogen-bond donors (Lipinski definition) is 2. The normalized spacial score (nSPS) is 12.0. The highest BCUT2D eigenvalue weighted by Gasteiger charge is 2.18. The molecule has 4 nitrogen and oxygen atoms in total. The molecule has 0 radical (unpaired) electrons. The third kappa shape index (κ3) is 5.93. The summed E-state index contributed by atoms with van der Waals surface area (Å²) >= 11 is 1.91. The van der Waals surface area contributed by atoms with Crippen LogP contribution in [-0.4, -0.2) is 17.6 Å². The number of halogens is 2. The molecule has 2 amide bonds. The van der Waals surface area contributed by atoms with E-state index in [-0.39, 0.29) is 18.2 Å². The molecule has 24 heavy (non-hydrogen) atoms. The summed E-state index contributed by atoms with van der Waals surface area (Å²) < 4.78 is 24.5. The molecule has 2 aromatic rings. The molecular weight excluding hydrogens is 354 g/mol. The largest absolute Gasteiger partial charge is 0.348 e. The van der Waals surface area contributed by atoms with Gasteiger partial charge in [-0.3, -0.25) is 9.59 Å². The molecule has 0 aliphatic rings. The molecule has 1 aromatic carbocycles. The van der Waals surface area contributed by atoms with Gasteiger partial charge in [0.25, 0.3) is 5.76 Å². The summed E-state index contributed by atoms with van der Waals surface area (Å²) in [5.74, 6) is -2.96. The average molecular weight is 370 g/mol. The maximum atomic E-state index is 12.3. The first-order valence-electron chi connectivity index (χ1n) is 7.09. The number of thioether (sulfide) groups is 1. The van der Waals surface area contributed by atoms with Gasteiger partial charge in [0.05, 0.1) is 12.5 Å². The Bertz CT molecular complexity index is 676. The van der Waals surface area contributed by atoms with E-state index in [1.165, 1.54) is 30.4 Å². The molecule has 0 unspecified atom stereocenters. The van der Waals surface area contributed by atoms with Crippen LogP contribution in [0.15, 0.2) is 46.7 Å². The number of benzene rings is 1. The van der Waals surface area contributed by atoms with Crippen molar-refractivity contribution < 1.29 is 18.4 Å². The van der Waals surface area contributed by atoms with Crippen molar-refractivity contribution in [2.75, 3.05) is 5.32 Å². The van der Waals surface area contributed by atoms with Gasteiger partial charge in [0, 0.05) is 22.4 Å². The Morgan fingerprint density at radius 2 is 1.92 bits per heavy atom. The molecule has 0 bridgehead atoms. The second kappa shape index (κ2) is 8.79. The van der Waals surface area contributed by atoms with Gasteiger partial charge >= 0.3 is 0 Å². The Labute approximate surface area is 146 Å². The molecule has 0 aliphatic carbocycles. The molecule has 8 heteroatoms. The van der Waals surface area contributed by atoms with E-state index in [2.05, 4.69) is 10.6 Å². The van der Waals surface area contributed by atoms with Gasteiger partial charge in [-0.2, -0.15) is 8.78 Å². The Hall–Kier alpha value is -1.93. The number of thiophene rings is 1. The summed E-state index contributed by atoms with van der Waals surface area (Å²) in [5, 5.41) is 7.34. The van der Waals surface area contributed by atoms with Crippen molar-refractivity contribution in [2.24, 2.45) is 0 Å². The second-order valence-electron chi connectivity index (χ2n) is 4.92. The van der Waals surface area contributed by atoms with Crippen LogP contribution in [0.2, 0.25) is 0 Å². The van der Waals surface area contributed by atoms with E-state index in [4.69, 9.17) is 0 Å². The lowest BCUT2D eigenvalue weighted by molar-refractivity contribution is -0.120. The smallest absolute Gasteiger partial charge is 0.288 e. The summed E-state index contributed by atoms with van der Waals surface area (Å²) in [5.41, 5.74) is 0.520. The Kier molecular flexibility index (Phi) is 6.74. The number of rotatable bonds is 7. The zero-order valence-corrected chi connectivity index (χ0v) is 14.4. The van der Waals surface area contributed by atoms with Crippen LogP contribution in [0.3, 0.4) is 0 Å². The lowest BCUT2D eigenvalue weighted by Gasteiger charge is -2.16. The molecular formula is C16H16F2N2O2S2. The molecule has 1 heterocycles. The minimum atomic E-state index is -2.48. The average Bonchev–Trinajstić information content (AvgIpc) is 3.02. The van der Waals surface area contributed by atoms with Crippen molar-refractivity contribution in [3.63, 3.8) is 0 Å². The maximum absolute atomic E-state index is 12.3. The number of nitrogens with one attached hydrogen (secondary N) is 2. The second-order valence-corrected chi connectivity index (χ2v) is 6.97. The molecule has 2 N–H and O–H groups in total. The topological polar surface area (TPSA) is 58.2 Å². The van der Waals surface area contributed by atoms with E-state index in [0.717, 1.165) is 4.88 Å². The SMILES string of the molecule is CC(=O)N[C@H](CC(=O)Nc1ccc(SC(F)F)cc1)c1cccs1. The fourth-order valence-electron chi connectivity index (χ4n) is 2.07. The monoisotopic (exact) mass is 370 g/mol. The van der Waals surface area contributed by atoms with Crippen LogP contribution in [-0.2, 0) is 9.59 Å². The van der Waals surface area contributed by atoms with Crippen LogP contribution >= 0.6 is 23.1 Å². The van der Waals surface area contributed by atoms with Gasteiger partial charge in [-0.1, -0.05) is 17.8 Å². The van der Waals surface area contributed by atoms with Crippen LogP contribution in [0, 0.1) is 0 Å². The van der Waals surface area contributed by atoms with Crippen molar-refractivity contribution >= 4 is 40.6 Å². The standard InChI is InChI=1S/C16H16F2N2O2S2/c1-10(21)19-13(14-3-2-8-23-14)9-15(22)20-11-4-6-12(7-5-11)24-16(17)18/h2-8,13,16H,9H2,1H3,(H,19,21)(H,20,22)/t13-/m1/s1. The lowest BCUT2D eigenvalue weighted by Crippen LogP contribution is -2.29. The summed E-state index contributed by atoms with van der Waals surface area (Å²) in [7, 11) is 0. The Morgan fingerprint density at radius 3 is 2.46 bits per heavy atom. The van der Waals surface area contributed by atoms with Crippen molar-refractivity contribution in [2.45, 2.75) is 30.0 Å². The van der Waals surface area contributed by atoms with E-state index in [9.17, 15) is 18.4 Å². The summed E-state index contributed by atoms with van der Waals surface area (Å²) in [6, 6.07) is 9.51. The number of anilines is 1. The quantitative estimate of drug-likeness (QED) is 0.716. The number of carbonyl (C=O) groups is 2. The zero-order valence-electron chi connectivity index (χ0n) is 12.8. The number of hydrogen-bond acceptors (Lipinski definition) is 4. The molecule has 1 atom stereocenters. The first-order chi connectivity index (χ1) is 11.4. The minimum absolute atomic E-state index is 0.0909. The third-order valence-electron chi connectivity index (χ3n) is 3.02. The number of amides is 2. The van der Waals surface area contributed by atoms with Crippen molar-refractivity contribution in [3.05, 3.63) is 46.7 Å². The van der Waals surface area contributed by atoms with Crippen LogP contribution in [0.1, 0.15) is 24.3 Å². The third-order valence-corrected chi connectivity index (χ3v) is 4.73. The molecule has 128 valence electrons. The minimum Gasteiger partial charge on any atom is -0.348 e. The molecule has 0 saturated carbocycles. The van der Waals surface area contributed by atoms with Crippen LogP contribution in [0.4, 0.5) is 14.5 Å². The fraction of sp³-hybridized carbons (Fsp3) is 0.250. The molecule has 1 aromatic heterocycles.